The highest BCUT2D eigenvalue weighted by Crippen LogP contribution is 2.26. The minimum absolute atomic E-state index is 0.0503. The number of likely N-dealkylation sites (tertiary alicyclic amines) is 1. The standard InChI is InChI=1S/C20H27N5O4S/c26-19(24-10-6-8-16(14-24)18-21-20(27)23-22-18)15-7-5-9-17(13-15)30(28,29)25-11-3-1-2-4-12-25/h5,7,9,13,16H,1-4,6,8,10-12,14H2,(H2,21,22,23,27)/t16-/m0/s1. The topological polar surface area (TPSA) is 119 Å². The normalized spacial score (nSPS) is 21.3. The molecule has 1 amide bonds. The van der Waals surface area contributed by atoms with Gasteiger partial charge < -0.3 is 4.90 Å². The van der Waals surface area contributed by atoms with Gasteiger partial charge in [-0.2, -0.15) is 9.40 Å². The van der Waals surface area contributed by atoms with Crippen molar-refractivity contribution in [3.63, 3.8) is 0 Å². The smallest absolute Gasteiger partial charge is 0.338 e. The SMILES string of the molecule is O=C(c1cccc(S(=O)(=O)N2CCCCCC2)c1)N1CCC[C@H](c2n[nH]c(=O)[nH]2)C1. The summed E-state index contributed by atoms with van der Waals surface area (Å²) in [5, 5.41) is 6.36. The molecule has 2 aromatic rings. The summed E-state index contributed by atoms with van der Waals surface area (Å²) >= 11 is 0. The summed E-state index contributed by atoms with van der Waals surface area (Å²) in [6.07, 6.45) is 5.43. The van der Waals surface area contributed by atoms with Gasteiger partial charge in [0, 0.05) is 37.7 Å². The number of hydrogen-bond acceptors (Lipinski definition) is 5. The van der Waals surface area contributed by atoms with Crippen molar-refractivity contribution in [2.45, 2.75) is 49.3 Å². The Morgan fingerprint density at radius 2 is 1.83 bits per heavy atom. The van der Waals surface area contributed by atoms with E-state index >= 15 is 0 Å². The molecule has 1 aromatic carbocycles. The number of nitrogens with one attached hydrogen (secondary N) is 2. The van der Waals surface area contributed by atoms with E-state index in [1.54, 1.807) is 23.1 Å². The van der Waals surface area contributed by atoms with E-state index < -0.39 is 10.0 Å². The molecule has 2 aliphatic rings. The predicted molar refractivity (Wildman–Crippen MR) is 111 cm³/mol. The molecule has 30 heavy (non-hydrogen) atoms. The second kappa shape index (κ2) is 8.73. The molecule has 0 radical (unpaired) electrons. The van der Waals surface area contributed by atoms with Crippen molar-refractivity contribution in [3.05, 3.63) is 46.1 Å². The number of carbonyl (C=O) groups excluding carboxylic acids is 1. The third-order valence-electron chi connectivity index (χ3n) is 5.90. The Morgan fingerprint density at radius 1 is 1.07 bits per heavy atom. The van der Waals surface area contributed by atoms with Gasteiger partial charge in [0.25, 0.3) is 5.91 Å². The summed E-state index contributed by atoms with van der Waals surface area (Å²) in [5.74, 6) is 0.297. The van der Waals surface area contributed by atoms with Gasteiger partial charge in [-0.3, -0.25) is 9.78 Å². The van der Waals surface area contributed by atoms with Gasteiger partial charge in [-0.05, 0) is 43.9 Å². The number of H-pyrrole nitrogens is 2. The Morgan fingerprint density at radius 3 is 2.53 bits per heavy atom. The lowest BCUT2D eigenvalue weighted by atomic mass is 9.97. The summed E-state index contributed by atoms with van der Waals surface area (Å²) in [6, 6.07) is 6.33. The Balaban J connectivity index is 1.52. The monoisotopic (exact) mass is 433 g/mol. The summed E-state index contributed by atoms with van der Waals surface area (Å²) in [5.41, 5.74) is 0.00180. The fourth-order valence-corrected chi connectivity index (χ4v) is 5.83. The van der Waals surface area contributed by atoms with Crippen LogP contribution in [-0.2, 0) is 10.0 Å². The molecule has 0 aliphatic carbocycles. The van der Waals surface area contributed by atoms with Crippen molar-refractivity contribution < 1.29 is 13.2 Å². The van der Waals surface area contributed by atoms with Gasteiger partial charge in [-0.15, -0.1) is 0 Å². The quantitative estimate of drug-likeness (QED) is 0.760. The first-order valence-electron chi connectivity index (χ1n) is 10.5. The highest BCUT2D eigenvalue weighted by molar-refractivity contribution is 7.89. The second-order valence-electron chi connectivity index (χ2n) is 8.00. The number of amides is 1. The maximum absolute atomic E-state index is 13.1. The van der Waals surface area contributed by atoms with Crippen LogP contribution in [0.3, 0.4) is 0 Å². The van der Waals surface area contributed by atoms with Crippen LogP contribution in [0.2, 0.25) is 0 Å². The van der Waals surface area contributed by atoms with E-state index in [0.29, 0.717) is 37.6 Å². The van der Waals surface area contributed by atoms with E-state index in [-0.39, 0.29) is 22.4 Å². The summed E-state index contributed by atoms with van der Waals surface area (Å²) in [6.45, 7) is 2.07. The zero-order chi connectivity index (χ0) is 21.1. The first-order chi connectivity index (χ1) is 14.4. The third kappa shape index (κ3) is 4.34. The molecular formula is C20H27N5O4S. The number of hydrogen-bond donors (Lipinski definition) is 2. The van der Waals surface area contributed by atoms with Crippen molar-refractivity contribution >= 4 is 15.9 Å². The Hall–Kier alpha value is -2.46. The number of carbonyl (C=O) groups is 1. The molecule has 2 aliphatic heterocycles. The van der Waals surface area contributed by atoms with Crippen LogP contribution in [-0.4, -0.2) is 64.9 Å². The van der Waals surface area contributed by atoms with Crippen molar-refractivity contribution in [3.8, 4) is 0 Å². The van der Waals surface area contributed by atoms with E-state index in [1.165, 1.54) is 10.4 Å². The van der Waals surface area contributed by atoms with E-state index in [1.807, 2.05) is 0 Å². The van der Waals surface area contributed by atoms with Gasteiger partial charge in [-0.1, -0.05) is 18.9 Å². The Bertz CT molecular complexity index is 1050. The number of sulfonamides is 1. The highest BCUT2D eigenvalue weighted by Gasteiger charge is 2.29. The number of rotatable bonds is 4. The van der Waals surface area contributed by atoms with Gasteiger partial charge >= 0.3 is 5.69 Å². The molecule has 0 saturated carbocycles. The van der Waals surface area contributed by atoms with Crippen LogP contribution >= 0.6 is 0 Å². The summed E-state index contributed by atoms with van der Waals surface area (Å²) in [7, 11) is -3.61. The Kier molecular flexibility index (Phi) is 6.05. The molecule has 1 atom stereocenters. The zero-order valence-corrected chi connectivity index (χ0v) is 17.7. The molecule has 3 heterocycles. The average Bonchev–Trinajstić information content (AvgIpc) is 3.01. The van der Waals surface area contributed by atoms with E-state index in [4.69, 9.17) is 0 Å². The van der Waals surface area contributed by atoms with Gasteiger partial charge in [0.15, 0.2) is 0 Å². The van der Waals surface area contributed by atoms with Crippen LogP contribution < -0.4 is 5.69 Å². The maximum Gasteiger partial charge on any atom is 0.340 e. The molecule has 2 saturated heterocycles. The average molecular weight is 434 g/mol. The second-order valence-corrected chi connectivity index (χ2v) is 9.94. The predicted octanol–water partition coefficient (Wildman–Crippen LogP) is 1.68. The molecule has 162 valence electrons. The molecular weight excluding hydrogens is 406 g/mol. The Labute approximate surface area is 175 Å². The molecule has 1 aromatic heterocycles. The van der Waals surface area contributed by atoms with Gasteiger partial charge in [0.1, 0.15) is 5.82 Å². The molecule has 2 fully saturated rings. The van der Waals surface area contributed by atoms with Crippen LogP contribution in [0.4, 0.5) is 0 Å². The van der Waals surface area contributed by atoms with Crippen LogP contribution in [0.5, 0.6) is 0 Å². The molecule has 0 unspecified atom stereocenters. The first kappa shape index (κ1) is 20.8. The fourth-order valence-electron chi connectivity index (χ4n) is 4.26. The third-order valence-corrected chi connectivity index (χ3v) is 7.79. The van der Waals surface area contributed by atoms with Gasteiger partial charge in [-0.25, -0.2) is 18.3 Å². The number of benzene rings is 1. The molecule has 0 spiro atoms. The molecule has 2 N–H and O–H groups in total. The van der Waals surface area contributed by atoms with Crippen LogP contribution in [0.25, 0.3) is 0 Å². The zero-order valence-electron chi connectivity index (χ0n) is 16.8. The number of aromatic amines is 2. The first-order valence-corrected chi connectivity index (χ1v) is 11.9. The van der Waals surface area contributed by atoms with Crippen molar-refractivity contribution in [1.29, 1.82) is 0 Å². The van der Waals surface area contributed by atoms with E-state index in [0.717, 1.165) is 38.5 Å². The fraction of sp³-hybridized carbons (Fsp3) is 0.550. The van der Waals surface area contributed by atoms with E-state index in [9.17, 15) is 18.0 Å². The van der Waals surface area contributed by atoms with Crippen molar-refractivity contribution in [2.24, 2.45) is 0 Å². The number of piperidine rings is 1. The number of nitrogens with zero attached hydrogens (tertiary/aromatic N) is 3. The molecule has 10 heteroatoms. The van der Waals surface area contributed by atoms with Gasteiger partial charge in [0.2, 0.25) is 10.0 Å². The largest absolute Gasteiger partial charge is 0.340 e. The van der Waals surface area contributed by atoms with Crippen molar-refractivity contribution in [1.82, 2.24) is 24.4 Å². The minimum Gasteiger partial charge on any atom is -0.338 e. The highest BCUT2D eigenvalue weighted by atomic mass is 32.2. The van der Waals surface area contributed by atoms with Crippen LogP contribution in [0.1, 0.15) is 60.6 Å². The van der Waals surface area contributed by atoms with Crippen LogP contribution in [0, 0.1) is 0 Å². The minimum atomic E-state index is -3.61. The molecule has 4 rings (SSSR count). The van der Waals surface area contributed by atoms with Crippen molar-refractivity contribution in [2.75, 3.05) is 26.2 Å². The molecule has 0 bridgehead atoms. The van der Waals surface area contributed by atoms with Crippen LogP contribution in [0.15, 0.2) is 34.0 Å². The van der Waals surface area contributed by atoms with E-state index in [2.05, 4.69) is 15.2 Å². The lowest BCUT2D eigenvalue weighted by Gasteiger charge is -2.31. The lowest BCUT2D eigenvalue weighted by Crippen LogP contribution is -2.39. The summed E-state index contributed by atoms with van der Waals surface area (Å²) in [4.78, 5) is 29.0. The molecule has 9 nitrogen and oxygen atoms in total. The maximum atomic E-state index is 13.1. The number of aromatic nitrogens is 3. The lowest BCUT2D eigenvalue weighted by molar-refractivity contribution is 0.0704. The summed E-state index contributed by atoms with van der Waals surface area (Å²) < 4.78 is 27.7. The van der Waals surface area contributed by atoms with Gasteiger partial charge in [0.05, 0.1) is 4.90 Å².